The third-order valence-electron chi connectivity index (χ3n) is 1.68. The highest BCUT2D eigenvalue weighted by Crippen LogP contribution is 2.04. The third kappa shape index (κ3) is 5.59. The average molecular weight is 152 g/mol. The molecule has 0 radical (unpaired) electrons. The van der Waals surface area contributed by atoms with Crippen LogP contribution < -0.4 is 0 Å². The van der Waals surface area contributed by atoms with Crippen molar-refractivity contribution in [2.75, 3.05) is 0 Å². The number of rotatable bonds is 4. The largest absolute Gasteiger partial charge is 0.298 e. The highest BCUT2D eigenvalue weighted by atomic mass is 16.1. The summed E-state index contributed by atoms with van der Waals surface area (Å²) in [7, 11) is 0. The summed E-state index contributed by atoms with van der Waals surface area (Å²) in [4.78, 5) is 10.2. The minimum atomic E-state index is 0.828. The van der Waals surface area contributed by atoms with Crippen LogP contribution in [0.2, 0.25) is 0 Å². The molecule has 0 spiro atoms. The molecule has 0 aromatic rings. The van der Waals surface area contributed by atoms with E-state index in [1.165, 1.54) is 5.57 Å². The van der Waals surface area contributed by atoms with Gasteiger partial charge >= 0.3 is 0 Å². The molecule has 0 heterocycles. The molecule has 0 aliphatic carbocycles. The zero-order chi connectivity index (χ0) is 8.69. The second kappa shape index (κ2) is 5.90. The third-order valence-corrected chi connectivity index (χ3v) is 1.68. The van der Waals surface area contributed by atoms with Crippen molar-refractivity contribution in [3.05, 3.63) is 23.3 Å². The van der Waals surface area contributed by atoms with E-state index in [0.29, 0.717) is 0 Å². The highest BCUT2D eigenvalue weighted by molar-refractivity contribution is 5.71. The van der Waals surface area contributed by atoms with Gasteiger partial charge in [-0.1, -0.05) is 17.7 Å². The fourth-order valence-electron chi connectivity index (χ4n) is 0.720. The van der Waals surface area contributed by atoms with E-state index < -0.39 is 0 Å². The van der Waals surface area contributed by atoms with Crippen molar-refractivity contribution in [2.24, 2.45) is 0 Å². The van der Waals surface area contributed by atoms with Crippen molar-refractivity contribution in [2.45, 2.75) is 33.6 Å². The van der Waals surface area contributed by atoms with Crippen LogP contribution in [0.1, 0.15) is 33.6 Å². The Balaban J connectivity index is 3.65. The van der Waals surface area contributed by atoms with Crippen LogP contribution in [0, 0.1) is 0 Å². The van der Waals surface area contributed by atoms with Gasteiger partial charge in [0.1, 0.15) is 6.29 Å². The molecule has 0 aromatic heterocycles. The number of aldehydes is 1. The molecule has 11 heavy (non-hydrogen) atoms. The van der Waals surface area contributed by atoms with Crippen LogP contribution in [0.3, 0.4) is 0 Å². The smallest absolute Gasteiger partial charge is 0.145 e. The topological polar surface area (TPSA) is 17.1 Å². The van der Waals surface area contributed by atoms with Gasteiger partial charge in [-0.2, -0.15) is 0 Å². The van der Waals surface area contributed by atoms with Gasteiger partial charge in [0.25, 0.3) is 0 Å². The van der Waals surface area contributed by atoms with Crippen molar-refractivity contribution in [3.8, 4) is 0 Å². The SMILES string of the molecule is CC=C(C)CCC=C(C)C=O. The molecule has 1 heteroatoms. The van der Waals surface area contributed by atoms with Gasteiger partial charge in [0.15, 0.2) is 0 Å². The van der Waals surface area contributed by atoms with Crippen LogP contribution in [-0.4, -0.2) is 6.29 Å². The lowest BCUT2D eigenvalue weighted by Crippen LogP contribution is -1.78. The van der Waals surface area contributed by atoms with E-state index in [1.807, 2.05) is 19.9 Å². The van der Waals surface area contributed by atoms with Gasteiger partial charge < -0.3 is 0 Å². The summed E-state index contributed by atoms with van der Waals surface area (Å²) in [6.45, 7) is 5.97. The average Bonchev–Trinajstić information content (AvgIpc) is 2.04. The standard InChI is InChI=1S/C10H16O/c1-4-9(2)6-5-7-10(3)8-11/h4,7-8H,5-6H2,1-3H3. The maximum absolute atomic E-state index is 10.2. The van der Waals surface area contributed by atoms with Crippen molar-refractivity contribution < 1.29 is 4.79 Å². The Morgan fingerprint density at radius 3 is 2.45 bits per heavy atom. The lowest BCUT2D eigenvalue weighted by atomic mass is 10.1. The summed E-state index contributed by atoms with van der Waals surface area (Å²) < 4.78 is 0. The second-order valence-electron chi connectivity index (χ2n) is 2.74. The number of hydrogen-bond donors (Lipinski definition) is 0. The predicted octanol–water partition coefficient (Wildman–Crippen LogP) is 2.88. The van der Waals surface area contributed by atoms with E-state index in [-0.39, 0.29) is 0 Å². The first-order valence-corrected chi connectivity index (χ1v) is 3.94. The molecule has 0 rings (SSSR count). The van der Waals surface area contributed by atoms with E-state index in [9.17, 15) is 4.79 Å². The molecule has 0 atom stereocenters. The first-order chi connectivity index (χ1) is 5.20. The van der Waals surface area contributed by atoms with Gasteiger partial charge in [-0.25, -0.2) is 0 Å². The van der Waals surface area contributed by atoms with Crippen LogP contribution in [-0.2, 0) is 4.79 Å². The van der Waals surface area contributed by atoms with Crippen LogP contribution in [0.4, 0.5) is 0 Å². The van der Waals surface area contributed by atoms with Gasteiger partial charge in [0, 0.05) is 0 Å². The summed E-state index contributed by atoms with van der Waals surface area (Å²) in [5, 5.41) is 0. The van der Waals surface area contributed by atoms with E-state index in [2.05, 4.69) is 13.0 Å². The van der Waals surface area contributed by atoms with Crippen LogP contribution in [0.25, 0.3) is 0 Å². The monoisotopic (exact) mass is 152 g/mol. The molecule has 0 amide bonds. The van der Waals surface area contributed by atoms with Gasteiger partial charge in [0.05, 0.1) is 0 Å². The first-order valence-electron chi connectivity index (χ1n) is 3.94. The molecule has 0 unspecified atom stereocenters. The van der Waals surface area contributed by atoms with Gasteiger partial charge in [0.2, 0.25) is 0 Å². The summed E-state index contributed by atoms with van der Waals surface area (Å²) in [6.07, 6.45) is 7.00. The number of carbonyl (C=O) groups excluding carboxylic acids is 1. The van der Waals surface area contributed by atoms with Crippen LogP contribution in [0.5, 0.6) is 0 Å². The van der Waals surface area contributed by atoms with Crippen molar-refractivity contribution in [1.29, 1.82) is 0 Å². The Bertz CT molecular complexity index is 175. The molecule has 62 valence electrons. The Morgan fingerprint density at radius 2 is 2.00 bits per heavy atom. The fraction of sp³-hybridized carbons (Fsp3) is 0.500. The molecule has 0 aliphatic heterocycles. The summed E-state index contributed by atoms with van der Waals surface area (Å²) in [5.74, 6) is 0. The fourth-order valence-corrected chi connectivity index (χ4v) is 0.720. The Labute approximate surface area is 68.8 Å². The van der Waals surface area contributed by atoms with E-state index in [0.717, 1.165) is 24.7 Å². The lowest BCUT2D eigenvalue weighted by molar-refractivity contribution is -0.104. The van der Waals surface area contributed by atoms with Gasteiger partial charge in [-0.15, -0.1) is 0 Å². The maximum atomic E-state index is 10.2. The molecule has 1 nitrogen and oxygen atoms in total. The minimum Gasteiger partial charge on any atom is -0.298 e. The molecular weight excluding hydrogens is 136 g/mol. The molecule has 0 saturated heterocycles. The summed E-state index contributed by atoms with van der Waals surface area (Å²) in [5.41, 5.74) is 2.20. The maximum Gasteiger partial charge on any atom is 0.145 e. The number of carbonyl (C=O) groups is 1. The zero-order valence-electron chi connectivity index (χ0n) is 7.55. The molecule has 0 aromatic carbocycles. The summed E-state index contributed by atoms with van der Waals surface area (Å²) >= 11 is 0. The zero-order valence-corrected chi connectivity index (χ0v) is 7.55. The van der Waals surface area contributed by atoms with E-state index in [1.54, 1.807) is 0 Å². The van der Waals surface area contributed by atoms with Crippen molar-refractivity contribution >= 4 is 6.29 Å². The van der Waals surface area contributed by atoms with Crippen molar-refractivity contribution in [1.82, 2.24) is 0 Å². The Hall–Kier alpha value is -0.850. The highest BCUT2D eigenvalue weighted by Gasteiger charge is 1.87. The molecule has 0 fully saturated rings. The van der Waals surface area contributed by atoms with Gasteiger partial charge in [-0.05, 0) is 39.2 Å². The summed E-state index contributed by atoms with van der Waals surface area (Å²) in [6, 6.07) is 0. The lowest BCUT2D eigenvalue weighted by Gasteiger charge is -1.94. The Kier molecular flexibility index (Phi) is 5.44. The molecule has 0 aliphatic rings. The number of hydrogen-bond acceptors (Lipinski definition) is 1. The van der Waals surface area contributed by atoms with E-state index >= 15 is 0 Å². The minimum absolute atomic E-state index is 0.828. The van der Waals surface area contributed by atoms with Crippen LogP contribution >= 0.6 is 0 Å². The van der Waals surface area contributed by atoms with Crippen molar-refractivity contribution in [3.63, 3.8) is 0 Å². The molecule has 0 bridgehead atoms. The Morgan fingerprint density at radius 1 is 1.36 bits per heavy atom. The second-order valence-corrected chi connectivity index (χ2v) is 2.74. The van der Waals surface area contributed by atoms with E-state index in [4.69, 9.17) is 0 Å². The van der Waals surface area contributed by atoms with Gasteiger partial charge in [-0.3, -0.25) is 4.79 Å². The first kappa shape index (κ1) is 10.2. The molecular formula is C10H16O. The quantitative estimate of drug-likeness (QED) is 0.344. The number of allylic oxidation sites excluding steroid dienone is 4. The molecule has 0 N–H and O–H groups in total. The normalized spacial score (nSPS) is 13.4. The predicted molar refractivity (Wildman–Crippen MR) is 48.5 cm³/mol. The molecule has 0 saturated carbocycles. The van der Waals surface area contributed by atoms with Crippen LogP contribution in [0.15, 0.2) is 23.3 Å².